The molecule has 0 atom stereocenters. The maximum Gasteiger partial charge on any atom is 0.333 e. The molecule has 0 aromatic carbocycles. The molecule has 6 heteroatoms. The van der Waals surface area contributed by atoms with Crippen molar-refractivity contribution in [2.45, 2.75) is 26.4 Å². The monoisotopic (exact) mass is 301 g/mol. The molecule has 2 aromatic rings. The molecule has 0 bridgehead atoms. The summed E-state index contributed by atoms with van der Waals surface area (Å²) >= 11 is 1.31. The van der Waals surface area contributed by atoms with E-state index in [1.807, 2.05) is 20.8 Å². The van der Waals surface area contributed by atoms with Crippen LogP contribution in [-0.2, 0) is 9.53 Å². The summed E-state index contributed by atoms with van der Waals surface area (Å²) in [5.41, 5.74) is 0.0780. The summed E-state index contributed by atoms with van der Waals surface area (Å²) in [6.45, 7) is 5.44. The lowest BCUT2D eigenvalue weighted by atomic mass is 10.2. The van der Waals surface area contributed by atoms with Crippen LogP contribution < -0.4 is 0 Å². The number of hydrogen-bond donors (Lipinski definition) is 0. The van der Waals surface area contributed by atoms with E-state index in [2.05, 4.69) is 11.1 Å². The maximum atomic E-state index is 12.0. The number of ether oxygens (including phenoxy) is 1. The molecule has 0 spiro atoms. The predicted molar refractivity (Wildman–Crippen MR) is 80.5 cm³/mol. The third-order valence-electron chi connectivity index (χ3n) is 2.41. The number of imidazole rings is 1. The van der Waals surface area contributed by atoms with Gasteiger partial charge < -0.3 is 9.30 Å². The van der Waals surface area contributed by atoms with E-state index >= 15 is 0 Å². The summed E-state index contributed by atoms with van der Waals surface area (Å²) in [6, 6.07) is 5.62. The van der Waals surface area contributed by atoms with Crippen molar-refractivity contribution in [3.63, 3.8) is 0 Å². The third kappa shape index (κ3) is 4.04. The number of carbonyl (C=O) groups is 1. The molecule has 0 aliphatic heterocycles. The Morgan fingerprint density at radius 1 is 1.48 bits per heavy atom. The number of thiophene rings is 1. The van der Waals surface area contributed by atoms with E-state index in [9.17, 15) is 4.79 Å². The Morgan fingerprint density at radius 2 is 2.24 bits per heavy atom. The van der Waals surface area contributed by atoms with Crippen molar-refractivity contribution in [2.75, 3.05) is 0 Å². The molecule has 0 aliphatic rings. The second kappa shape index (κ2) is 5.94. The van der Waals surface area contributed by atoms with Crippen LogP contribution in [-0.4, -0.2) is 21.1 Å². The fourth-order valence-electron chi connectivity index (χ4n) is 1.65. The molecular weight excluding hydrogens is 286 g/mol. The molecule has 2 rings (SSSR count). The maximum absolute atomic E-state index is 12.0. The van der Waals surface area contributed by atoms with Crippen molar-refractivity contribution in [3.05, 3.63) is 46.7 Å². The Labute approximate surface area is 127 Å². The van der Waals surface area contributed by atoms with Crippen LogP contribution in [0.2, 0.25) is 0 Å². The van der Waals surface area contributed by atoms with Gasteiger partial charge in [-0.05, 0) is 32.9 Å². The molecule has 0 radical (unpaired) electrons. The van der Waals surface area contributed by atoms with E-state index in [0.717, 1.165) is 4.88 Å². The first kappa shape index (κ1) is 15.0. The van der Waals surface area contributed by atoms with E-state index in [4.69, 9.17) is 10.00 Å². The first-order valence-corrected chi connectivity index (χ1v) is 7.14. The Morgan fingerprint density at radius 3 is 2.76 bits per heavy atom. The molecule has 2 heterocycles. The number of hydrogen-bond acceptors (Lipinski definition) is 5. The van der Waals surface area contributed by atoms with Crippen LogP contribution >= 0.6 is 11.3 Å². The molecule has 0 saturated heterocycles. The first-order chi connectivity index (χ1) is 9.89. The quantitative estimate of drug-likeness (QED) is 0.645. The topological polar surface area (TPSA) is 67.9 Å². The van der Waals surface area contributed by atoms with E-state index in [0.29, 0.717) is 10.6 Å². The Hall–Kier alpha value is -2.39. The van der Waals surface area contributed by atoms with Gasteiger partial charge in [0.2, 0.25) is 0 Å². The van der Waals surface area contributed by atoms with Crippen LogP contribution in [0.1, 0.15) is 30.5 Å². The van der Waals surface area contributed by atoms with Gasteiger partial charge in [0.25, 0.3) is 0 Å². The largest absolute Gasteiger partial charge is 0.457 e. The molecule has 0 N–H and O–H groups in total. The SMILES string of the molecule is CC(C)(C)OC(=O)C=C(c1ccc(C#N)s1)n1ccnc1. The summed E-state index contributed by atoms with van der Waals surface area (Å²) < 4.78 is 7.03. The standard InChI is InChI=1S/C15H15N3O2S/c1-15(2,3)20-14(19)8-12(18-7-6-17-10-18)13-5-4-11(9-16)21-13/h4-8,10H,1-3H3. The van der Waals surface area contributed by atoms with Crippen LogP contribution in [0.3, 0.4) is 0 Å². The number of carbonyl (C=O) groups excluding carboxylic acids is 1. The molecule has 0 saturated carbocycles. The zero-order chi connectivity index (χ0) is 15.5. The van der Waals surface area contributed by atoms with Gasteiger partial charge in [0.1, 0.15) is 16.5 Å². The molecular formula is C15H15N3O2S. The highest BCUT2D eigenvalue weighted by molar-refractivity contribution is 7.13. The van der Waals surface area contributed by atoms with Gasteiger partial charge in [-0.25, -0.2) is 9.78 Å². The first-order valence-electron chi connectivity index (χ1n) is 6.32. The molecule has 0 fully saturated rings. The molecule has 0 unspecified atom stereocenters. The fourth-order valence-corrected chi connectivity index (χ4v) is 2.48. The molecule has 0 amide bonds. The number of esters is 1. The lowest BCUT2D eigenvalue weighted by molar-refractivity contribution is -0.148. The van der Waals surface area contributed by atoms with Crippen molar-refractivity contribution < 1.29 is 9.53 Å². The normalized spacial score (nSPS) is 12.0. The van der Waals surface area contributed by atoms with Crippen LogP contribution in [0.25, 0.3) is 5.70 Å². The highest BCUT2D eigenvalue weighted by atomic mass is 32.1. The van der Waals surface area contributed by atoms with Gasteiger partial charge in [0.05, 0.1) is 16.9 Å². The number of aromatic nitrogens is 2. The van der Waals surface area contributed by atoms with Crippen LogP contribution in [0.5, 0.6) is 0 Å². The average Bonchev–Trinajstić information content (AvgIpc) is 3.05. The van der Waals surface area contributed by atoms with Gasteiger partial charge in [-0.2, -0.15) is 5.26 Å². The van der Waals surface area contributed by atoms with Crippen LogP contribution in [0.4, 0.5) is 0 Å². The highest BCUT2D eigenvalue weighted by Crippen LogP contribution is 2.25. The lowest BCUT2D eigenvalue weighted by Crippen LogP contribution is -2.23. The molecule has 21 heavy (non-hydrogen) atoms. The zero-order valence-corrected chi connectivity index (χ0v) is 12.8. The summed E-state index contributed by atoms with van der Waals surface area (Å²) in [4.78, 5) is 17.4. The van der Waals surface area contributed by atoms with E-state index in [1.54, 1.807) is 35.4 Å². The van der Waals surface area contributed by atoms with E-state index < -0.39 is 11.6 Å². The number of nitriles is 1. The predicted octanol–water partition coefficient (Wildman–Crippen LogP) is 3.05. The van der Waals surface area contributed by atoms with Gasteiger partial charge in [0.15, 0.2) is 0 Å². The second-order valence-electron chi connectivity index (χ2n) is 5.31. The Bertz CT molecular complexity index is 700. The molecule has 2 aromatic heterocycles. The molecule has 0 aliphatic carbocycles. The van der Waals surface area contributed by atoms with Crippen LogP contribution in [0, 0.1) is 11.3 Å². The van der Waals surface area contributed by atoms with Gasteiger partial charge >= 0.3 is 5.97 Å². The lowest BCUT2D eigenvalue weighted by Gasteiger charge is -2.18. The third-order valence-corrected chi connectivity index (χ3v) is 3.42. The van der Waals surface area contributed by atoms with Crippen molar-refractivity contribution in [2.24, 2.45) is 0 Å². The van der Waals surface area contributed by atoms with Crippen molar-refractivity contribution in [3.8, 4) is 6.07 Å². The van der Waals surface area contributed by atoms with Crippen molar-refractivity contribution >= 4 is 23.0 Å². The van der Waals surface area contributed by atoms with E-state index in [1.165, 1.54) is 17.4 Å². The second-order valence-corrected chi connectivity index (χ2v) is 6.39. The Kier molecular flexibility index (Phi) is 4.24. The minimum atomic E-state index is -0.555. The van der Waals surface area contributed by atoms with Crippen molar-refractivity contribution in [1.29, 1.82) is 5.26 Å². The Balaban J connectivity index is 2.38. The fraction of sp³-hybridized carbons (Fsp3) is 0.267. The highest BCUT2D eigenvalue weighted by Gasteiger charge is 2.17. The van der Waals surface area contributed by atoms with Gasteiger partial charge in [-0.3, -0.25) is 0 Å². The average molecular weight is 301 g/mol. The van der Waals surface area contributed by atoms with Gasteiger partial charge in [-0.1, -0.05) is 0 Å². The van der Waals surface area contributed by atoms with Crippen LogP contribution in [0.15, 0.2) is 36.9 Å². The smallest absolute Gasteiger partial charge is 0.333 e. The van der Waals surface area contributed by atoms with Crippen molar-refractivity contribution in [1.82, 2.24) is 9.55 Å². The van der Waals surface area contributed by atoms with E-state index in [-0.39, 0.29) is 0 Å². The number of rotatable bonds is 3. The molecule has 108 valence electrons. The summed E-state index contributed by atoms with van der Waals surface area (Å²) in [7, 11) is 0. The summed E-state index contributed by atoms with van der Waals surface area (Å²) in [5, 5.41) is 8.93. The number of nitrogens with zero attached hydrogens (tertiary/aromatic N) is 3. The minimum Gasteiger partial charge on any atom is -0.457 e. The minimum absolute atomic E-state index is 0.432. The zero-order valence-electron chi connectivity index (χ0n) is 12.0. The van der Waals surface area contributed by atoms with Gasteiger partial charge in [-0.15, -0.1) is 11.3 Å². The molecule has 5 nitrogen and oxygen atoms in total. The summed E-state index contributed by atoms with van der Waals surface area (Å²) in [5.74, 6) is -0.432. The summed E-state index contributed by atoms with van der Waals surface area (Å²) in [6.07, 6.45) is 6.38. The van der Waals surface area contributed by atoms with Gasteiger partial charge in [0, 0.05) is 18.5 Å².